The Morgan fingerprint density at radius 2 is 1.24 bits per heavy atom. The van der Waals surface area contributed by atoms with Crippen molar-refractivity contribution in [2.45, 2.75) is 19.3 Å². The molecule has 0 atom stereocenters. The van der Waals surface area contributed by atoms with Crippen molar-refractivity contribution in [3.63, 3.8) is 0 Å². The van der Waals surface area contributed by atoms with E-state index in [9.17, 15) is 0 Å². The fourth-order valence-corrected chi connectivity index (χ4v) is 4.46. The molecular formula is C22H22INS. The number of hydrogen-bond donors (Lipinski definition) is 0. The third kappa shape index (κ3) is 4.39. The summed E-state index contributed by atoms with van der Waals surface area (Å²) in [5.74, 6) is 0. The van der Waals surface area contributed by atoms with E-state index < -0.39 is 0 Å². The highest BCUT2D eigenvalue weighted by Crippen LogP contribution is 2.27. The first kappa shape index (κ1) is 18.3. The van der Waals surface area contributed by atoms with Gasteiger partial charge >= 0.3 is 0 Å². The van der Waals surface area contributed by atoms with Crippen molar-refractivity contribution in [3.8, 4) is 21.6 Å². The fraction of sp³-hybridized carbons (Fsp3) is 0.227. The van der Waals surface area contributed by atoms with Crippen LogP contribution in [0, 0.1) is 0 Å². The molecule has 1 saturated heterocycles. The van der Waals surface area contributed by atoms with Crippen LogP contribution < -0.4 is 33.2 Å². The molecule has 0 aliphatic carbocycles. The summed E-state index contributed by atoms with van der Waals surface area (Å²) in [6.45, 7) is 2.37. The summed E-state index contributed by atoms with van der Waals surface area (Å²) in [7, 11) is 0. The Morgan fingerprint density at radius 3 is 1.88 bits per heavy atom. The van der Waals surface area contributed by atoms with E-state index in [1.54, 1.807) is 0 Å². The van der Waals surface area contributed by atoms with Crippen LogP contribution >= 0.6 is 11.3 Å². The zero-order chi connectivity index (χ0) is 16.2. The van der Waals surface area contributed by atoms with Crippen LogP contribution in [0.1, 0.15) is 19.3 Å². The SMILES string of the molecule is [I-].c1ccc(-c2cc(-c3ccccc3)sc(=[N+]3CCCCC3)c2)cc1. The molecule has 25 heavy (non-hydrogen) atoms. The van der Waals surface area contributed by atoms with Gasteiger partial charge in [0.1, 0.15) is 13.1 Å². The van der Waals surface area contributed by atoms with Crippen molar-refractivity contribution >= 4 is 11.3 Å². The number of halogens is 1. The van der Waals surface area contributed by atoms with Crippen LogP contribution in [0.25, 0.3) is 21.6 Å². The topological polar surface area (TPSA) is 3.01 Å². The summed E-state index contributed by atoms with van der Waals surface area (Å²) in [6.07, 6.45) is 3.98. The van der Waals surface area contributed by atoms with Crippen molar-refractivity contribution in [1.29, 1.82) is 0 Å². The van der Waals surface area contributed by atoms with Crippen LogP contribution in [0.3, 0.4) is 0 Å². The maximum absolute atomic E-state index is 2.56. The van der Waals surface area contributed by atoms with Gasteiger partial charge in [-0.3, -0.25) is 0 Å². The highest BCUT2D eigenvalue weighted by molar-refractivity contribution is 7.12. The minimum absolute atomic E-state index is 0. The van der Waals surface area contributed by atoms with E-state index >= 15 is 0 Å². The monoisotopic (exact) mass is 459 g/mol. The van der Waals surface area contributed by atoms with Gasteiger partial charge in [0.2, 0.25) is 0 Å². The van der Waals surface area contributed by atoms with Gasteiger partial charge in [0, 0.05) is 23.8 Å². The Kier molecular flexibility index (Phi) is 6.43. The van der Waals surface area contributed by atoms with Gasteiger partial charge in [-0.1, -0.05) is 72.0 Å². The summed E-state index contributed by atoms with van der Waals surface area (Å²) in [5.41, 5.74) is 3.91. The van der Waals surface area contributed by atoms with E-state index in [2.05, 4.69) is 77.4 Å². The third-order valence-electron chi connectivity index (χ3n) is 4.61. The van der Waals surface area contributed by atoms with Crippen LogP contribution in [0.15, 0.2) is 72.8 Å². The molecule has 3 heteroatoms. The zero-order valence-electron chi connectivity index (χ0n) is 14.2. The number of nitrogens with zero attached hydrogens (tertiary/aromatic N) is 1. The Labute approximate surface area is 170 Å². The van der Waals surface area contributed by atoms with Gasteiger partial charge in [-0.15, -0.1) is 0 Å². The standard InChI is InChI=1S/C22H22NS.HI/c1-4-10-18(11-5-1)20-16-21(19-12-6-2-7-13-19)24-22(17-20)23-14-8-3-9-15-23;/h1-2,4-7,10-13,16-17H,3,8-9,14-15H2;1H/q+1;/p-1. The largest absolute Gasteiger partial charge is 1.00 e. The van der Waals surface area contributed by atoms with Crippen LogP contribution in [-0.4, -0.2) is 13.1 Å². The highest BCUT2D eigenvalue weighted by atomic mass is 127. The van der Waals surface area contributed by atoms with Crippen molar-refractivity contribution in [1.82, 2.24) is 4.58 Å². The normalized spacial score (nSPS) is 14.0. The molecule has 0 bridgehead atoms. The number of hydrogen-bond acceptors (Lipinski definition) is 1. The van der Waals surface area contributed by atoms with E-state index in [1.165, 1.54) is 58.6 Å². The first-order chi connectivity index (χ1) is 11.9. The maximum atomic E-state index is 2.56. The molecule has 0 spiro atoms. The summed E-state index contributed by atoms with van der Waals surface area (Å²) >= 11 is 1.92. The van der Waals surface area contributed by atoms with Gasteiger partial charge < -0.3 is 24.0 Å². The summed E-state index contributed by atoms with van der Waals surface area (Å²) in [4.78, 5) is 1.34. The van der Waals surface area contributed by atoms with Crippen molar-refractivity contribution in [2.24, 2.45) is 0 Å². The molecule has 1 aromatic heterocycles. The first-order valence-electron chi connectivity index (χ1n) is 8.74. The van der Waals surface area contributed by atoms with E-state index in [0.717, 1.165) is 0 Å². The summed E-state index contributed by atoms with van der Waals surface area (Å²) < 4.78 is 3.96. The molecule has 1 aliphatic heterocycles. The van der Waals surface area contributed by atoms with E-state index in [1.807, 2.05) is 11.3 Å². The average molecular weight is 459 g/mol. The lowest BCUT2D eigenvalue weighted by Crippen LogP contribution is -3.00. The Hall–Kier alpha value is -1.46. The van der Waals surface area contributed by atoms with E-state index in [0.29, 0.717) is 0 Å². The van der Waals surface area contributed by atoms with Crippen LogP contribution in [0.5, 0.6) is 0 Å². The minimum Gasteiger partial charge on any atom is -1.00 e. The fourth-order valence-electron chi connectivity index (χ4n) is 3.30. The van der Waals surface area contributed by atoms with Gasteiger partial charge in [0.05, 0.1) is 0 Å². The van der Waals surface area contributed by atoms with Crippen LogP contribution in [0.4, 0.5) is 0 Å². The number of rotatable bonds is 2. The van der Waals surface area contributed by atoms with E-state index in [-0.39, 0.29) is 24.0 Å². The van der Waals surface area contributed by atoms with Gasteiger partial charge in [0.15, 0.2) is 0 Å². The van der Waals surface area contributed by atoms with Gasteiger partial charge in [-0.25, -0.2) is 4.58 Å². The Bertz CT molecular complexity index is 816. The van der Waals surface area contributed by atoms with Crippen LogP contribution in [-0.2, 0) is 0 Å². The predicted octanol–water partition coefficient (Wildman–Crippen LogP) is 2.04. The third-order valence-corrected chi connectivity index (χ3v) is 5.77. The van der Waals surface area contributed by atoms with Crippen molar-refractivity contribution in [2.75, 3.05) is 13.1 Å². The highest BCUT2D eigenvalue weighted by Gasteiger charge is 2.14. The molecular weight excluding hydrogens is 437 g/mol. The second-order valence-corrected chi connectivity index (χ2v) is 7.39. The molecule has 0 unspecified atom stereocenters. The van der Waals surface area contributed by atoms with E-state index in [4.69, 9.17) is 0 Å². The molecule has 128 valence electrons. The molecule has 2 heterocycles. The number of piperidine rings is 1. The maximum Gasteiger partial charge on any atom is 0.257 e. The molecule has 0 amide bonds. The van der Waals surface area contributed by atoms with Gasteiger partial charge in [-0.05, 0) is 29.2 Å². The lowest BCUT2D eigenvalue weighted by Gasteiger charge is -2.11. The molecule has 1 nitrogen and oxygen atoms in total. The quantitative estimate of drug-likeness (QED) is 0.408. The smallest absolute Gasteiger partial charge is 0.257 e. The molecule has 0 N–H and O–H groups in total. The van der Waals surface area contributed by atoms with Crippen molar-refractivity contribution in [3.05, 3.63) is 77.5 Å². The molecule has 4 rings (SSSR count). The second-order valence-electron chi connectivity index (χ2n) is 6.33. The first-order valence-corrected chi connectivity index (χ1v) is 9.56. The van der Waals surface area contributed by atoms with Gasteiger partial charge in [0.25, 0.3) is 4.67 Å². The molecule has 3 aromatic rings. The average Bonchev–Trinajstić information content (AvgIpc) is 2.70. The minimum atomic E-state index is 0. The molecule has 0 radical (unpaired) electrons. The van der Waals surface area contributed by atoms with Crippen LogP contribution in [0.2, 0.25) is 0 Å². The molecule has 1 fully saturated rings. The lowest BCUT2D eigenvalue weighted by molar-refractivity contribution is -0.00000463. The second kappa shape index (κ2) is 8.77. The lowest BCUT2D eigenvalue weighted by atomic mass is 10.1. The molecule has 0 saturated carbocycles. The summed E-state index contributed by atoms with van der Waals surface area (Å²) in [5, 5.41) is 0. The number of benzene rings is 2. The molecule has 1 aliphatic rings. The summed E-state index contributed by atoms with van der Waals surface area (Å²) in [6, 6.07) is 26.2. The predicted molar refractivity (Wildman–Crippen MR) is 104 cm³/mol. The van der Waals surface area contributed by atoms with Crippen molar-refractivity contribution < 1.29 is 24.0 Å². The van der Waals surface area contributed by atoms with Gasteiger partial charge in [-0.2, -0.15) is 0 Å². The zero-order valence-corrected chi connectivity index (χ0v) is 17.2. The Morgan fingerprint density at radius 1 is 0.640 bits per heavy atom. The Balaban J connectivity index is 0.00000182. The molecule has 2 aromatic carbocycles.